The summed E-state index contributed by atoms with van der Waals surface area (Å²) in [5, 5.41) is 13.2. The number of halogens is 1. The summed E-state index contributed by atoms with van der Waals surface area (Å²) in [6.45, 7) is 4.95. The lowest BCUT2D eigenvalue weighted by atomic mass is 10.1. The topological polar surface area (TPSA) is 54.0 Å². The van der Waals surface area contributed by atoms with E-state index in [1.165, 1.54) is 0 Å². The van der Waals surface area contributed by atoms with Crippen LogP contribution >= 0.6 is 12.4 Å². The molecule has 19 heavy (non-hydrogen) atoms. The number of nitrogens with zero attached hydrogens (tertiary/aromatic N) is 1. The van der Waals surface area contributed by atoms with Gasteiger partial charge in [-0.15, -0.1) is 12.4 Å². The van der Waals surface area contributed by atoms with Crippen LogP contribution in [0.1, 0.15) is 5.56 Å². The number of benzene rings is 1. The first-order valence-electron chi connectivity index (χ1n) is 6.11. The summed E-state index contributed by atoms with van der Waals surface area (Å²) in [5.74, 6) is 0.975. The number of rotatable bonds is 4. The van der Waals surface area contributed by atoms with Gasteiger partial charge < -0.3 is 19.9 Å². The Hall–Kier alpha value is -1.17. The number of methoxy groups -OCH3 is 2. The predicted octanol–water partition coefficient (Wildman–Crippen LogP) is 1.24. The van der Waals surface area contributed by atoms with Crippen LogP contribution in [0.15, 0.2) is 12.1 Å². The number of aromatic hydroxyl groups is 1. The van der Waals surface area contributed by atoms with Crippen molar-refractivity contribution in [3.8, 4) is 17.2 Å². The maximum Gasteiger partial charge on any atom is 0.200 e. The molecule has 1 saturated heterocycles. The third kappa shape index (κ3) is 3.89. The Bertz CT molecular complexity index is 384. The van der Waals surface area contributed by atoms with Crippen LogP contribution in [0.4, 0.5) is 0 Å². The normalized spacial score (nSPS) is 15.7. The van der Waals surface area contributed by atoms with E-state index in [-0.39, 0.29) is 18.2 Å². The number of phenols is 1. The molecule has 0 aromatic heterocycles. The Morgan fingerprint density at radius 2 is 1.68 bits per heavy atom. The van der Waals surface area contributed by atoms with Gasteiger partial charge in [-0.2, -0.15) is 0 Å². The zero-order valence-electron chi connectivity index (χ0n) is 11.3. The zero-order valence-corrected chi connectivity index (χ0v) is 12.1. The van der Waals surface area contributed by atoms with Crippen molar-refractivity contribution in [3.63, 3.8) is 0 Å². The van der Waals surface area contributed by atoms with Gasteiger partial charge in [0.1, 0.15) is 0 Å². The molecule has 0 unspecified atom stereocenters. The average Bonchev–Trinajstić information content (AvgIpc) is 2.41. The quantitative estimate of drug-likeness (QED) is 0.873. The van der Waals surface area contributed by atoms with E-state index in [4.69, 9.17) is 9.47 Å². The molecule has 1 fully saturated rings. The molecule has 1 aliphatic heterocycles. The molecule has 2 rings (SSSR count). The highest BCUT2D eigenvalue weighted by Crippen LogP contribution is 2.37. The first kappa shape index (κ1) is 15.9. The number of ether oxygens (including phenoxy) is 2. The van der Waals surface area contributed by atoms with Gasteiger partial charge in [0.15, 0.2) is 11.5 Å². The Labute approximate surface area is 119 Å². The Kier molecular flexibility index (Phi) is 6.21. The molecule has 0 atom stereocenters. The molecule has 0 bridgehead atoms. The molecule has 1 aromatic rings. The van der Waals surface area contributed by atoms with Crippen molar-refractivity contribution in [1.82, 2.24) is 10.2 Å². The van der Waals surface area contributed by atoms with Crippen molar-refractivity contribution in [2.75, 3.05) is 40.4 Å². The average molecular weight is 289 g/mol. The summed E-state index contributed by atoms with van der Waals surface area (Å²) >= 11 is 0. The van der Waals surface area contributed by atoms with Crippen LogP contribution in [-0.2, 0) is 6.54 Å². The number of nitrogens with one attached hydrogen (secondary N) is 1. The molecule has 1 aromatic carbocycles. The second-order valence-corrected chi connectivity index (χ2v) is 4.38. The van der Waals surface area contributed by atoms with Crippen molar-refractivity contribution >= 4 is 12.4 Å². The molecule has 2 N–H and O–H groups in total. The number of hydrogen-bond acceptors (Lipinski definition) is 5. The second-order valence-electron chi connectivity index (χ2n) is 4.38. The lowest BCUT2D eigenvalue weighted by Gasteiger charge is -2.27. The number of hydrogen-bond donors (Lipinski definition) is 2. The van der Waals surface area contributed by atoms with Crippen molar-refractivity contribution in [2.24, 2.45) is 0 Å². The summed E-state index contributed by atoms with van der Waals surface area (Å²) in [6.07, 6.45) is 0. The van der Waals surface area contributed by atoms with Crippen molar-refractivity contribution in [3.05, 3.63) is 17.7 Å². The molecule has 0 radical (unpaired) electrons. The van der Waals surface area contributed by atoms with Crippen LogP contribution in [0.3, 0.4) is 0 Å². The molecule has 6 heteroatoms. The maximum absolute atomic E-state index is 9.85. The van der Waals surface area contributed by atoms with Crippen LogP contribution in [0.5, 0.6) is 17.2 Å². The molecule has 0 amide bonds. The molecule has 0 spiro atoms. The third-order valence-corrected chi connectivity index (χ3v) is 3.16. The van der Waals surface area contributed by atoms with Crippen LogP contribution in [-0.4, -0.2) is 50.4 Å². The van der Waals surface area contributed by atoms with E-state index in [1.54, 1.807) is 14.2 Å². The highest BCUT2D eigenvalue weighted by molar-refractivity contribution is 5.85. The van der Waals surface area contributed by atoms with Crippen molar-refractivity contribution < 1.29 is 14.6 Å². The first-order chi connectivity index (χ1) is 8.74. The smallest absolute Gasteiger partial charge is 0.200 e. The molecule has 1 heterocycles. The standard InChI is InChI=1S/C13H20N2O3.ClH/c1-17-11-7-10(8-12(18-2)13(11)16)9-15-5-3-14-4-6-15;/h7-8,14,16H,3-6,9H2,1-2H3;1H. The van der Waals surface area contributed by atoms with E-state index in [1.807, 2.05) is 12.1 Å². The zero-order chi connectivity index (χ0) is 13.0. The molecule has 0 aliphatic carbocycles. The van der Waals surface area contributed by atoms with Crippen LogP contribution in [0, 0.1) is 0 Å². The minimum Gasteiger partial charge on any atom is -0.502 e. The van der Waals surface area contributed by atoms with E-state index < -0.39 is 0 Å². The highest BCUT2D eigenvalue weighted by atomic mass is 35.5. The predicted molar refractivity (Wildman–Crippen MR) is 76.6 cm³/mol. The van der Waals surface area contributed by atoms with Gasteiger partial charge >= 0.3 is 0 Å². The monoisotopic (exact) mass is 288 g/mol. The first-order valence-corrected chi connectivity index (χ1v) is 6.11. The van der Waals surface area contributed by atoms with Gasteiger partial charge in [-0.3, -0.25) is 4.90 Å². The minimum absolute atomic E-state index is 0. The number of piperazine rings is 1. The molecule has 1 aliphatic rings. The summed E-state index contributed by atoms with van der Waals surface area (Å²) in [6, 6.07) is 3.72. The molecule has 5 nitrogen and oxygen atoms in total. The maximum atomic E-state index is 9.85. The Morgan fingerprint density at radius 3 is 2.16 bits per heavy atom. The fourth-order valence-corrected chi connectivity index (χ4v) is 2.17. The Balaban J connectivity index is 0.00000180. The van der Waals surface area contributed by atoms with Gasteiger partial charge in [-0.1, -0.05) is 0 Å². The Morgan fingerprint density at radius 1 is 1.16 bits per heavy atom. The summed E-state index contributed by atoms with van der Waals surface area (Å²) in [5.41, 5.74) is 1.09. The van der Waals surface area contributed by atoms with Crippen LogP contribution in [0.2, 0.25) is 0 Å². The molecule has 0 saturated carbocycles. The van der Waals surface area contributed by atoms with Gasteiger partial charge in [-0.05, 0) is 17.7 Å². The highest BCUT2D eigenvalue weighted by Gasteiger charge is 2.14. The van der Waals surface area contributed by atoms with Gasteiger partial charge in [0.05, 0.1) is 14.2 Å². The number of phenolic OH excluding ortho intramolecular Hbond substituents is 1. The summed E-state index contributed by atoms with van der Waals surface area (Å²) < 4.78 is 10.3. The fraction of sp³-hybridized carbons (Fsp3) is 0.538. The van der Waals surface area contributed by atoms with Gasteiger partial charge in [0.25, 0.3) is 0 Å². The van der Waals surface area contributed by atoms with E-state index >= 15 is 0 Å². The second kappa shape index (κ2) is 7.43. The van der Waals surface area contributed by atoms with E-state index in [2.05, 4.69) is 10.2 Å². The lowest BCUT2D eigenvalue weighted by molar-refractivity contribution is 0.232. The fourth-order valence-electron chi connectivity index (χ4n) is 2.17. The van der Waals surface area contributed by atoms with Gasteiger partial charge in [-0.25, -0.2) is 0 Å². The van der Waals surface area contributed by atoms with E-state index in [0.29, 0.717) is 11.5 Å². The largest absolute Gasteiger partial charge is 0.502 e. The van der Waals surface area contributed by atoms with Crippen LogP contribution in [0.25, 0.3) is 0 Å². The SMILES string of the molecule is COc1cc(CN2CCNCC2)cc(OC)c1O.Cl. The minimum atomic E-state index is 0. The molecular formula is C13H21ClN2O3. The van der Waals surface area contributed by atoms with Gasteiger partial charge in [0.2, 0.25) is 5.75 Å². The third-order valence-electron chi connectivity index (χ3n) is 3.16. The van der Waals surface area contributed by atoms with Crippen molar-refractivity contribution in [1.29, 1.82) is 0 Å². The summed E-state index contributed by atoms with van der Waals surface area (Å²) in [7, 11) is 3.09. The van der Waals surface area contributed by atoms with Crippen molar-refractivity contribution in [2.45, 2.75) is 6.54 Å². The van der Waals surface area contributed by atoms with Crippen LogP contribution < -0.4 is 14.8 Å². The summed E-state index contributed by atoms with van der Waals surface area (Å²) in [4.78, 5) is 2.36. The molecular weight excluding hydrogens is 268 g/mol. The van der Waals surface area contributed by atoms with E-state index in [9.17, 15) is 5.11 Å². The molecule has 108 valence electrons. The van der Waals surface area contributed by atoms with Gasteiger partial charge in [0, 0.05) is 32.7 Å². The van der Waals surface area contributed by atoms with E-state index in [0.717, 1.165) is 38.3 Å². The lowest BCUT2D eigenvalue weighted by Crippen LogP contribution is -2.42.